The summed E-state index contributed by atoms with van der Waals surface area (Å²) in [7, 11) is -6.74. The highest BCUT2D eigenvalue weighted by Gasteiger charge is 2.12. The fourth-order valence-corrected chi connectivity index (χ4v) is 2.83. The molecule has 0 aliphatic heterocycles. The molecule has 0 aromatic heterocycles. The van der Waals surface area contributed by atoms with E-state index in [1.165, 1.54) is 0 Å². The number of carboxylic acids is 1. The maximum atomic E-state index is 11.2. The summed E-state index contributed by atoms with van der Waals surface area (Å²) < 4.78 is 45.9. The van der Waals surface area contributed by atoms with E-state index in [1.54, 1.807) is 0 Å². The Morgan fingerprint density at radius 3 is 2.19 bits per heavy atom. The topological polar surface area (TPSA) is 118 Å². The summed E-state index contributed by atoms with van der Waals surface area (Å²) in [5, 5.41) is 8.28. The third kappa shape index (κ3) is 9.87. The van der Waals surface area contributed by atoms with Crippen molar-refractivity contribution in [2.45, 2.75) is 12.8 Å². The van der Waals surface area contributed by atoms with Crippen LogP contribution >= 0.6 is 0 Å². The summed E-state index contributed by atoms with van der Waals surface area (Å²) in [6.07, 6.45) is 0.726. The largest absolute Gasteiger partial charge is 0.481 e. The van der Waals surface area contributed by atoms with Crippen molar-refractivity contribution in [3.05, 3.63) is 0 Å². The lowest BCUT2D eigenvalue weighted by molar-refractivity contribution is -0.136. The Balaban J connectivity index is 3.93. The summed E-state index contributed by atoms with van der Waals surface area (Å²) in [4.78, 5) is 10.1. The molecule has 0 saturated heterocycles. The molecule has 0 saturated carbocycles. The zero-order valence-corrected chi connectivity index (χ0v) is 10.5. The van der Waals surface area contributed by atoms with Gasteiger partial charge < -0.3 is 5.11 Å². The first-order chi connectivity index (χ1) is 7.12. The van der Waals surface area contributed by atoms with Crippen molar-refractivity contribution in [3.63, 3.8) is 0 Å². The first-order valence-corrected chi connectivity index (χ1v) is 8.20. The van der Waals surface area contributed by atoms with Crippen molar-refractivity contribution in [1.29, 1.82) is 0 Å². The average molecular weight is 273 g/mol. The highest BCUT2D eigenvalue weighted by atomic mass is 32.2. The minimum Gasteiger partial charge on any atom is -0.481 e. The molecule has 0 rings (SSSR count). The van der Waals surface area contributed by atoms with E-state index in [9.17, 15) is 21.6 Å². The molecule has 0 spiro atoms. The first-order valence-electron chi connectivity index (χ1n) is 4.49. The highest BCUT2D eigenvalue weighted by Crippen LogP contribution is 1.94. The molecule has 0 heterocycles. The molecule has 0 aliphatic carbocycles. The molecule has 0 amide bonds. The van der Waals surface area contributed by atoms with E-state index in [-0.39, 0.29) is 30.9 Å². The van der Waals surface area contributed by atoms with Gasteiger partial charge in [-0.25, -0.2) is 21.6 Å². The van der Waals surface area contributed by atoms with E-state index >= 15 is 0 Å². The second-order valence-corrected chi connectivity index (χ2v) is 7.53. The van der Waals surface area contributed by atoms with Crippen LogP contribution in [0.2, 0.25) is 0 Å². The molecule has 0 aliphatic rings. The lowest BCUT2D eigenvalue weighted by atomic mass is 10.5. The van der Waals surface area contributed by atoms with Gasteiger partial charge in [0.15, 0.2) is 0 Å². The molecule has 7 nitrogen and oxygen atoms in total. The second-order valence-electron chi connectivity index (χ2n) is 3.34. The van der Waals surface area contributed by atoms with Crippen LogP contribution in [0.5, 0.6) is 0 Å². The smallest absolute Gasteiger partial charge is 0.304 e. The van der Waals surface area contributed by atoms with Crippen molar-refractivity contribution >= 4 is 25.8 Å². The van der Waals surface area contributed by atoms with Gasteiger partial charge in [-0.3, -0.25) is 4.79 Å². The van der Waals surface area contributed by atoms with Crippen LogP contribution in [0.25, 0.3) is 0 Å². The van der Waals surface area contributed by atoms with Gasteiger partial charge in [-0.05, 0) is 6.42 Å². The Labute approximate surface area is 94.8 Å². The molecule has 0 bridgehead atoms. The standard InChI is InChI=1S/C7H15NO6S2/c1-15(11,12)5-2-6-16(13,14)8-4-3-7(9)10/h8H,2-6H2,1H3,(H,9,10). The van der Waals surface area contributed by atoms with Gasteiger partial charge in [0.25, 0.3) is 0 Å². The molecule has 0 unspecified atom stereocenters. The highest BCUT2D eigenvalue weighted by molar-refractivity contribution is 7.91. The molecule has 2 N–H and O–H groups in total. The quantitative estimate of drug-likeness (QED) is 0.574. The third-order valence-corrected chi connectivity index (χ3v) is 4.09. The van der Waals surface area contributed by atoms with E-state index in [0.717, 1.165) is 6.26 Å². The molecule has 0 aromatic carbocycles. The van der Waals surface area contributed by atoms with Crippen LogP contribution in [0.15, 0.2) is 0 Å². The lowest BCUT2D eigenvalue weighted by Crippen LogP contribution is -2.29. The Kier molecular flexibility index (Phi) is 5.90. The van der Waals surface area contributed by atoms with Gasteiger partial charge in [-0.2, -0.15) is 0 Å². The fourth-order valence-electron chi connectivity index (χ4n) is 0.897. The van der Waals surface area contributed by atoms with E-state index < -0.39 is 25.8 Å². The van der Waals surface area contributed by atoms with E-state index in [1.807, 2.05) is 0 Å². The fraction of sp³-hybridized carbons (Fsp3) is 0.857. The van der Waals surface area contributed by atoms with Crippen LogP contribution in [-0.2, 0) is 24.7 Å². The van der Waals surface area contributed by atoms with Gasteiger partial charge >= 0.3 is 5.97 Å². The second kappa shape index (κ2) is 6.16. The van der Waals surface area contributed by atoms with E-state index in [2.05, 4.69) is 4.72 Å². The molecule has 96 valence electrons. The molecule has 9 heteroatoms. The summed E-state index contributed by atoms with van der Waals surface area (Å²) in [6, 6.07) is 0. The van der Waals surface area contributed by atoms with Crippen LogP contribution in [-0.4, -0.2) is 52.2 Å². The molecular weight excluding hydrogens is 258 g/mol. The predicted octanol–water partition coefficient (Wildman–Crippen LogP) is -1.18. The number of aliphatic carboxylic acids is 1. The molecule has 0 radical (unpaired) electrons. The monoisotopic (exact) mass is 273 g/mol. The molecule has 0 atom stereocenters. The van der Waals surface area contributed by atoms with Crippen molar-refractivity contribution in [2.24, 2.45) is 0 Å². The minimum atomic E-state index is -3.58. The molecule has 0 fully saturated rings. The number of sulfonamides is 1. The summed E-state index contributed by atoms with van der Waals surface area (Å²) >= 11 is 0. The number of rotatable bonds is 8. The Morgan fingerprint density at radius 2 is 1.75 bits per heavy atom. The maximum absolute atomic E-state index is 11.2. The SMILES string of the molecule is CS(=O)(=O)CCCS(=O)(=O)NCCC(=O)O. The number of carboxylic acid groups (broad SMARTS) is 1. The number of hydrogen-bond acceptors (Lipinski definition) is 5. The van der Waals surface area contributed by atoms with Gasteiger partial charge in [-0.1, -0.05) is 0 Å². The van der Waals surface area contributed by atoms with Gasteiger partial charge in [-0.15, -0.1) is 0 Å². The van der Waals surface area contributed by atoms with Crippen LogP contribution in [0.3, 0.4) is 0 Å². The van der Waals surface area contributed by atoms with Crippen molar-refractivity contribution < 1.29 is 26.7 Å². The lowest BCUT2D eigenvalue weighted by Gasteiger charge is -2.04. The Hall–Kier alpha value is -0.670. The van der Waals surface area contributed by atoms with Crippen LogP contribution in [0, 0.1) is 0 Å². The van der Waals surface area contributed by atoms with Crippen LogP contribution in [0.1, 0.15) is 12.8 Å². The number of nitrogens with one attached hydrogen (secondary N) is 1. The van der Waals surface area contributed by atoms with Crippen molar-refractivity contribution in [2.75, 3.05) is 24.3 Å². The number of carbonyl (C=O) groups is 1. The Bertz CT molecular complexity index is 424. The van der Waals surface area contributed by atoms with Gasteiger partial charge in [0.1, 0.15) is 9.84 Å². The maximum Gasteiger partial charge on any atom is 0.304 e. The number of sulfone groups is 1. The van der Waals surface area contributed by atoms with Crippen LogP contribution < -0.4 is 4.72 Å². The zero-order chi connectivity index (χ0) is 12.8. The van der Waals surface area contributed by atoms with Crippen LogP contribution in [0.4, 0.5) is 0 Å². The third-order valence-electron chi connectivity index (χ3n) is 1.59. The molecule has 0 aromatic rings. The average Bonchev–Trinajstić information content (AvgIpc) is 1.99. The Morgan fingerprint density at radius 1 is 1.19 bits per heavy atom. The van der Waals surface area contributed by atoms with Gasteiger partial charge in [0, 0.05) is 12.8 Å². The van der Waals surface area contributed by atoms with Crippen molar-refractivity contribution in [3.8, 4) is 0 Å². The van der Waals surface area contributed by atoms with E-state index in [4.69, 9.17) is 5.11 Å². The summed E-state index contributed by atoms with van der Waals surface area (Å²) in [6.45, 7) is -0.184. The first kappa shape index (κ1) is 15.3. The number of hydrogen-bond donors (Lipinski definition) is 2. The normalized spacial score (nSPS) is 12.6. The van der Waals surface area contributed by atoms with E-state index in [0.29, 0.717) is 0 Å². The zero-order valence-electron chi connectivity index (χ0n) is 8.84. The van der Waals surface area contributed by atoms with Crippen molar-refractivity contribution in [1.82, 2.24) is 4.72 Å². The van der Waals surface area contributed by atoms with Gasteiger partial charge in [0.2, 0.25) is 10.0 Å². The van der Waals surface area contributed by atoms with Gasteiger partial charge in [0.05, 0.1) is 17.9 Å². The summed E-state index contributed by atoms with van der Waals surface area (Å²) in [5.74, 6) is -1.62. The molecular formula is C7H15NO6S2. The molecule has 16 heavy (non-hydrogen) atoms. The summed E-state index contributed by atoms with van der Waals surface area (Å²) in [5.41, 5.74) is 0. The predicted molar refractivity (Wildman–Crippen MR) is 58.4 cm³/mol. The minimum absolute atomic E-state index is 0.00123.